The van der Waals surface area contributed by atoms with Crippen LogP contribution in [0, 0.1) is 0 Å². The normalized spacial score (nSPS) is 19.3. The van der Waals surface area contributed by atoms with Crippen LogP contribution in [0.3, 0.4) is 0 Å². The van der Waals surface area contributed by atoms with E-state index in [0.29, 0.717) is 13.0 Å². The Morgan fingerprint density at radius 3 is 2.79 bits per heavy atom. The Morgan fingerprint density at radius 1 is 1.37 bits per heavy atom. The second-order valence-electron chi connectivity index (χ2n) is 4.48. The average molecular weight is 262 g/mol. The minimum Gasteiger partial charge on any atom is -0.496 e. The van der Waals surface area contributed by atoms with Gasteiger partial charge < -0.3 is 15.0 Å². The molecule has 1 aromatic carbocycles. The first-order valence-corrected chi connectivity index (χ1v) is 6.36. The number of rotatable bonds is 4. The van der Waals surface area contributed by atoms with Crippen LogP contribution in [0.1, 0.15) is 18.9 Å². The molecule has 1 aromatic rings. The van der Waals surface area contributed by atoms with Gasteiger partial charge in [-0.2, -0.15) is 0 Å². The van der Waals surface area contributed by atoms with E-state index in [1.807, 2.05) is 31.2 Å². The Kier molecular flexibility index (Phi) is 4.04. The van der Waals surface area contributed by atoms with E-state index in [4.69, 9.17) is 4.74 Å². The van der Waals surface area contributed by atoms with Gasteiger partial charge in [-0.05, 0) is 12.5 Å². The van der Waals surface area contributed by atoms with Gasteiger partial charge in [0.25, 0.3) is 0 Å². The van der Waals surface area contributed by atoms with Crippen molar-refractivity contribution >= 4 is 11.8 Å². The minimum atomic E-state index is -0.397. The summed E-state index contributed by atoms with van der Waals surface area (Å²) in [6, 6.07) is 7.14. The Labute approximate surface area is 112 Å². The molecular formula is C14H18N2O3. The van der Waals surface area contributed by atoms with Crippen LogP contribution in [0.5, 0.6) is 5.75 Å². The lowest BCUT2D eigenvalue weighted by atomic mass is 10.1. The third-order valence-electron chi connectivity index (χ3n) is 3.33. The molecule has 0 radical (unpaired) electrons. The SMILES string of the molecule is CCC1C(=O)NCC(=O)N1Cc1ccccc1OC. The molecule has 1 unspecified atom stereocenters. The van der Waals surface area contributed by atoms with Crippen LogP contribution in [0.25, 0.3) is 0 Å². The van der Waals surface area contributed by atoms with Crippen molar-refractivity contribution < 1.29 is 14.3 Å². The van der Waals surface area contributed by atoms with Gasteiger partial charge >= 0.3 is 0 Å². The third-order valence-corrected chi connectivity index (χ3v) is 3.33. The number of methoxy groups -OCH3 is 1. The molecule has 102 valence electrons. The Bertz CT molecular complexity index is 487. The first-order chi connectivity index (χ1) is 9.17. The van der Waals surface area contributed by atoms with E-state index in [1.165, 1.54) is 0 Å². The summed E-state index contributed by atoms with van der Waals surface area (Å²) in [5.74, 6) is 0.588. The summed E-state index contributed by atoms with van der Waals surface area (Å²) in [6.45, 7) is 2.37. The number of amides is 2. The zero-order chi connectivity index (χ0) is 13.8. The fourth-order valence-electron chi connectivity index (χ4n) is 2.32. The molecule has 1 aliphatic heterocycles. The Morgan fingerprint density at radius 2 is 2.11 bits per heavy atom. The summed E-state index contributed by atoms with van der Waals surface area (Å²) in [5, 5.41) is 2.62. The van der Waals surface area contributed by atoms with Crippen LogP contribution in [0.4, 0.5) is 0 Å². The zero-order valence-corrected chi connectivity index (χ0v) is 11.2. The molecule has 0 bridgehead atoms. The van der Waals surface area contributed by atoms with Gasteiger partial charge in [0.15, 0.2) is 0 Å². The molecule has 1 heterocycles. The molecular weight excluding hydrogens is 244 g/mol. The molecule has 0 aromatic heterocycles. The number of nitrogens with one attached hydrogen (secondary N) is 1. The van der Waals surface area contributed by atoms with Crippen molar-refractivity contribution in [2.45, 2.75) is 25.9 Å². The van der Waals surface area contributed by atoms with E-state index in [9.17, 15) is 9.59 Å². The lowest BCUT2D eigenvalue weighted by molar-refractivity contribution is -0.146. The van der Waals surface area contributed by atoms with Crippen molar-refractivity contribution in [2.75, 3.05) is 13.7 Å². The van der Waals surface area contributed by atoms with Gasteiger partial charge in [-0.15, -0.1) is 0 Å². The lowest BCUT2D eigenvalue weighted by Gasteiger charge is -2.34. The lowest BCUT2D eigenvalue weighted by Crippen LogP contribution is -2.57. The van der Waals surface area contributed by atoms with Gasteiger partial charge in [-0.3, -0.25) is 9.59 Å². The Balaban J connectivity index is 2.24. The topological polar surface area (TPSA) is 58.6 Å². The fraction of sp³-hybridized carbons (Fsp3) is 0.429. The molecule has 1 fully saturated rings. The van der Waals surface area contributed by atoms with Crippen LogP contribution in [0.2, 0.25) is 0 Å². The van der Waals surface area contributed by atoms with Crippen molar-refractivity contribution in [2.24, 2.45) is 0 Å². The smallest absolute Gasteiger partial charge is 0.243 e. The van der Waals surface area contributed by atoms with Gasteiger partial charge in [0.2, 0.25) is 11.8 Å². The van der Waals surface area contributed by atoms with Gasteiger partial charge in [-0.1, -0.05) is 25.1 Å². The van der Waals surface area contributed by atoms with Crippen molar-refractivity contribution in [1.82, 2.24) is 10.2 Å². The number of hydrogen-bond donors (Lipinski definition) is 1. The van der Waals surface area contributed by atoms with Crippen LogP contribution >= 0.6 is 0 Å². The molecule has 5 heteroatoms. The highest BCUT2D eigenvalue weighted by Gasteiger charge is 2.33. The van der Waals surface area contributed by atoms with Gasteiger partial charge in [0, 0.05) is 5.56 Å². The molecule has 2 rings (SSSR count). The molecule has 5 nitrogen and oxygen atoms in total. The molecule has 0 aliphatic carbocycles. The third kappa shape index (κ3) is 2.70. The number of hydrogen-bond acceptors (Lipinski definition) is 3. The van der Waals surface area contributed by atoms with Gasteiger partial charge in [0.05, 0.1) is 20.2 Å². The van der Waals surface area contributed by atoms with Crippen molar-refractivity contribution in [1.29, 1.82) is 0 Å². The number of carbonyl (C=O) groups excluding carboxylic acids is 2. The maximum Gasteiger partial charge on any atom is 0.243 e. The van der Waals surface area contributed by atoms with Crippen LogP contribution < -0.4 is 10.1 Å². The number of piperazine rings is 1. The minimum absolute atomic E-state index is 0.0580. The summed E-state index contributed by atoms with van der Waals surface area (Å²) < 4.78 is 5.28. The van der Waals surface area contributed by atoms with Gasteiger partial charge in [0.1, 0.15) is 11.8 Å². The second-order valence-corrected chi connectivity index (χ2v) is 4.48. The molecule has 1 aliphatic rings. The van der Waals surface area contributed by atoms with Crippen LogP contribution in [-0.4, -0.2) is 36.4 Å². The largest absolute Gasteiger partial charge is 0.496 e. The fourth-order valence-corrected chi connectivity index (χ4v) is 2.32. The van der Waals surface area contributed by atoms with E-state index >= 15 is 0 Å². The maximum atomic E-state index is 12.0. The number of nitrogens with zero attached hydrogens (tertiary/aromatic N) is 1. The van der Waals surface area contributed by atoms with E-state index in [2.05, 4.69) is 5.32 Å². The highest BCUT2D eigenvalue weighted by atomic mass is 16.5. The van der Waals surface area contributed by atoms with Gasteiger partial charge in [-0.25, -0.2) is 0 Å². The standard InChI is InChI=1S/C14H18N2O3/c1-3-11-14(18)15-8-13(17)16(11)9-10-6-4-5-7-12(10)19-2/h4-7,11H,3,8-9H2,1-2H3,(H,15,18). The van der Waals surface area contributed by atoms with E-state index in [1.54, 1.807) is 12.0 Å². The summed E-state index contributed by atoms with van der Waals surface area (Å²) in [5.41, 5.74) is 0.909. The average Bonchev–Trinajstić information content (AvgIpc) is 2.44. The van der Waals surface area contributed by atoms with E-state index in [0.717, 1.165) is 11.3 Å². The zero-order valence-electron chi connectivity index (χ0n) is 11.2. The number of benzene rings is 1. The van der Waals surface area contributed by atoms with Crippen LogP contribution in [-0.2, 0) is 16.1 Å². The summed E-state index contributed by atoms with van der Waals surface area (Å²) >= 11 is 0. The summed E-state index contributed by atoms with van der Waals surface area (Å²) in [6.07, 6.45) is 0.604. The molecule has 1 N–H and O–H groups in total. The van der Waals surface area contributed by atoms with E-state index in [-0.39, 0.29) is 18.4 Å². The summed E-state index contributed by atoms with van der Waals surface area (Å²) in [4.78, 5) is 25.4. The van der Waals surface area contributed by atoms with Crippen LogP contribution in [0.15, 0.2) is 24.3 Å². The molecule has 0 spiro atoms. The number of para-hydroxylation sites is 1. The molecule has 1 atom stereocenters. The summed E-state index contributed by atoms with van der Waals surface area (Å²) in [7, 11) is 1.60. The second kappa shape index (κ2) is 5.73. The molecule has 2 amide bonds. The van der Waals surface area contributed by atoms with Crippen molar-refractivity contribution in [3.05, 3.63) is 29.8 Å². The first-order valence-electron chi connectivity index (χ1n) is 6.36. The monoisotopic (exact) mass is 262 g/mol. The molecule has 0 saturated carbocycles. The highest BCUT2D eigenvalue weighted by Crippen LogP contribution is 2.22. The molecule has 19 heavy (non-hydrogen) atoms. The number of carbonyl (C=O) groups is 2. The number of ether oxygens (including phenoxy) is 1. The highest BCUT2D eigenvalue weighted by molar-refractivity contribution is 5.94. The maximum absolute atomic E-state index is 12.0. The Hall–Kier alpha value is -2.04. The molecule has 1 saturated heterocycles. The first kappa shape index (κ1) is 13.4. The van der Waals surface area contributed by atoms with E-state index < -0.39 is 6.04 Å². The predicted molar refractivity (Wildman–Crippen MR) is 70.6 cm³/mol. The predicted octanol–water partition coefficient (Wildman–Crippen LogP) is 0.932. The quantitative estimate of drug-likeness (QED) is 0.878. The van der Waals surface area contributed by atoms with Crippen molar-refractivity contribution in [3.63, 3.8) is 0 Å². The van der Waals surface area contributed by atoms with Crippen molar-refractivity contribution in [3.8, 4) is 5.75 Å².